The smallest absolute Gasteiger partial charge is 0.303 e. The van der Waals surface area contributed by atoms with E-state index in [0.29, 0.717) is 17.9 Å². The maximum atomic E-state index is 12.5. The predicted octanol–water partition coefficient (Wildman–Crippen LogP) is 3.20. The number of carboxylic acid groups (broad SMARTS) is 1. The minimum atomic E-state index is -0.933. The van der Waals surface area contributed by atoms with Gasteiger partial charge in [0.25, 0.3) is 0 Å². The number of hydrogen-bond acceptors (Lipinski definition) is 7. The van der Waals surface area contributed by atoms with Crippen molar-refractivity contribution in [1.29, 1.82) is 0 Å². The molecule has 1 atom stereocenters. The minimum absolute atomic E-state index is 0.0685. The molecule has 8 nitrogen and oxygen atoms in total. The highest BCUT2D eigenvalue weighted by molar-refractivity contribution is 5.80. The van der Waals surface area contributed by atoms with Gasteiger partial charge in [0.2, 0.25) is 5.95 Å². The number of unbranched alkanes of at least 4 members (excludes halogenated alkanes) is 1. The molecule has 3 heterocycles. The molecule has 0 fully saturated rings. The molecule has 160 valence electrons. The molecular weight excluding hydrogens is 382 g/mol. The fourth-order valence-electron chi connectivity index (χ4n) is 3.71. The van der Waals surface area contributed by atoms with Crippen LogP contribution in [0.2, 0.25) is 0 Å². The second-order valence-corrected chi connectivity index (χ2v) is 7.68. The number of aliphatic carboxylic acids is 1. The highest BCUT2D eigenvalue weighted by Gasteiger charge is 2.20. The zero-order valence-electron chi connectivity index (χ0n) is 17.4. The van der Waals surface area contributed by atoms with Crippen molar-refractivity contribution >= 4 is 23.5 Å². The van der Waals surface area contributed by atoms with Crippen molar-refractivity contribution in [2.75, 3.05) is 24.2 Å². The Balaban J connectivity index is 1.47. The van der Waals surface area contributed by atoms with Crippen LogP contribution in [-0.4, -0.2) is 45.4 Å². The third-order valence-corrected chi connectivity index (χ3v) is 5.35. The number of hydrogen-bond donors (Lipinski definition) is 3. The summed E-state index contributed by atoms with van der Waals surface area (Å²) in [6.07, 6.45) is 8.39. The van der Waals surface area contributed by atoms with E-state index in [-0.39, 0.29) is 18.6 Å². The Morgan fingerprint density at radius 3 is 2.73 bits per heavy atom. The van der Waals surface area contributed by atoms with E-state index < -0.39 is 11.9 Å². The Hall–Kier alpha value is -3.03. The van der Waals surface area contributed by atoms with E-state index in [1.165, 1.54) is 5.56 Å². The van der Waals surface area contributed by atoms with Crippen molar-refractivity contribution in [3.05, 3.63) is 41.3 Å². The van der Waals surface area contributed by atoms with Crippen LogP contribution in [0.5, 0.6) is 0 Å². The third kappa shape index (κ3) is 6.23. The number of pyridine rings is 1. The molecule has 2 aromatic heterocycles. The number of nitrogens with zero attached hydrogens (tertiary/aromatic N) is 3. The molecule has 0 amide bonds. The van der Waals surface area contributed by atoms with Crippen LogP contribution in [0.25, 0.3) is 0 Å². The van der Waals surface area contributed by atoms with Crippen molar-refractivity contribution in [2.24, 2.45) is 0 Å². The van der Waals surface area contributed by atoms with E-state index in [2.05, 4.69) is 37.7 Å². The Morgan fingerprint density at radius 1 is 1.20 bits per heavy atom. The molecular formula is C22H29N5O3. The van der Waals surface area contributed by atoms with Crippen molar-refractivity contribution in [3.63, 3.8) is 0 Å². The highest BCUT2D eigenvalue weighted by atomic mass is 16.4. The number of carbonyl (C=O) groups excluding carboxylic acids is 1. The Kier molecular flexibility index (Phi) is 7.70. The van der Waals surface area contributed by atoms with Crippen LogP contribution >= 0.6 is 0 Å². The molecule has 3 rings (SSSR count). The van der Waals surface area contributed by atoms with Gasteiger partial charge in [0, 0.05) is 50.4 Å². The van der Waals surface area contributed by atoms with Gasteiger partial charge in [-0.2, -0.15) is 0 Å². The molecule has 2 aromatic rings. The summed E-state index contributed by atoms with van der Waals surface area (Å²) in [6, 6.07) is 4.22. The van der Waals surface area contributed by atoms with Gasteiger partial charge in [-0.15, -0.1) is 0 Å². The van der Waals surface area contributed by atoms with Gasteiger partial charge in [-0.1, -0.05) is 6.07 Å². The molecule has 1 aliphatic rings. The lowest BCUT2D eigenvalue weighted by atomic mass is 9.91. The lowest BCUT2D eigenvalue weighted by Crippen LogP contribution is -2.14. The average molecular weight is 412 g/mol. The van der Waals surface area contributed by atoms with Gasteiger partial charge in [-0.3, -0.25) is 9.59 Å². The zero-order valence-corrected chi connectivity index (χ0v) is 17.4. The highest BCUT2D eigenvalue weighted by Crippen LogP contribution is 2.25. The van der Waals surface area contributed by atoms with E-state index >= 15 is 0 Å². The van der Waals surface area contributed by atoms with Crippen LogP contribution in [0, 0.1) is 0 Å². The fourth-order valence-corrected chi connectivity index (χ4v) is 3.71. The van der Waals surface area contributed by atoms with Gasteiger partial charge in [0.15, 0.2) is 0 Å². The average Bonchev–Trinajstić information content (AvgIpc) is 2.76. The summed E-state index contributed by atoms with van der Waals surface area (Å²) in [5.41, 5.74) is 2.99. The first-order valence-corrected chi connectivity index (χ1v) is 10.5. The third-order valence-electron chi connectivity index (χ3n) is 5.35. The number of fused-ring (bicyclic) bond motifs is 1. The molecule has 3 N–H and O–H groups in total. The van der Waals surface area contributed by atoms with E-state index in [0.717, 1.165) is 50.2 Å². The first-order chi connectivity index (χ1) is 14.5. The number of anilines is 2. The normalized spacial score (nSPS) is 13.8. The van der Waals surface area contributed by atoms with Crippen molar-refractivity contribution < 1.29 is 14.7 Å². The number of nitrogens with one attached hydrogen (secondary N) is 2. The predicted molar refractivity (Wildman–Crippen MR) is 115 cm³/mol. The zero-order chi connectivity index (χ0) is 21.3. The van der Waals surface area contributed by atoms with Crippen LogP contribution < -0.4 is 10.6 Å². The molecule has 0 saturated heterocycles. The van der Waals surface area contributed by atoms with Crippen LogP contribution in [0.15, 0.2) is 24.5 Å². The molecule has 0 aliphatic carbocycles. The van der Waals surface area contributed by atoms with Gasteiger partial charge in [-0.05, 0) is 49.3 Å². The summed E-state index contributed by atoms with van der Waals surface area (Å²) in [7, 11) is 1.71. The first kappa shape index (κ1) is 21.7. The number of rotatable bonds is 11. The Morgan fingerprint density at radius 2 is 2.00 bits per heavy atom. The largest absolute Gasteiger partial charge is 0.481 e. The summed E-state index contributed by atoms with van der Waals surface area (Å²) >= 11 is 0. The molecule has 0 aromatic carbocycles. The Labute approximate surface area is 176 Å². The molecule has 0 saturated carbocycles. The second-order valence-electron chi connectivity index (χ2n) is 7.68. The number of carbonyl (C=O) groups is 2. The maximum absolute atomic E-state index is 12.5. The van der Waals surface area contributed by atoms with E-state index in [1.54, 1.807) is 19.4 Å². The first-order valence-electron chi connectivity index (χ1n) is 10.5. The molecule has 0 bridgehead atoms. The quantitative estimate of drug-likeness (QED) is 0.483. The molecule has 30 heavy (non-hydrogen) atoms. The van der Waals surface area contributed by atoms with Gasteiger partial charge < -0.3 is 15.7 Å². The van der Waals surface area contributed by atoms with Crippen LogP contribution in [0.3, 0.4) is 0 Å². The van der Waals surface area contributed by atoms with Gasteiger partial charge in [-0.25, -0.2) is 15.0 Å². The summed E-state index contributed by atoms with van der Waals surface area (Å²) in [5.74, 6) is 0.189. The maximum Gasteiger partial charge on any atom is 0.303 e. The van der Waals surface area contributed by atoms with Crippen LogP contribution in [-0.2, 0) is 22.4 Å². The topological polar surface area (TPSA) is 117 Å². The number of aryl methyl sites for hydroxylation is 2. The van der Waals surface area contributed by atoms with E-state index in [4.69, 9.17) is 0 Å². The summed E-state index contributed by atoms with van der Waals surface area (Å²) in [4.78, 5) is 36.6. The molecule has 8 heteroatoms. The van der Waals surface area contributed by atoms with E-state index in [1.807, 2.05) is 0 Å². The summed E-state index contributed by atoms with van der Waals surface area (Å²) in [5, 5.41) is 15.4. The molecule has 1 aliphatic heterocycles. The summed E-state index contributed by atoms with van der Waals surface area (Å²) in [6.45, 7) is 0.970. The number of aromatic nitrogens is 3. The monoisotopic (exact) mass is 411 g/mol. The van der Waals surface area contributed by atoms with Crippen LogP contribution in [0.1, 0.15) is 61.3 Å². The number of carboxylic acids is 1. The van der Waals surface area contributed by atoms with Crippen molar-refractivity contribution in [3.8, 4) is 0 Å². The fraction of sp³-hybridized carbons (Fsp3) is 0.500. The lowest BCUT2D eigenvalue weighted by molar-refractivity contribution is -0.137. The molecule has 0 radical (unpaired) electrons. The minimum Gasteiger partial charge on any atom is -0.481 e. The summed E-state index contributed by atoms with van der Waals surface area (Å²) < 4.78 is 0. The SMILES string of the molecule is CNc1ncc(C(CC(=O)O)CC(=O)CCCCc2ccc3c(n2)NCCC3)cn1. The number of Topliss-reactive ketones (excluding diaryl/α,β-unsaturated/α-hetero) is 1. The van der Waals surface area contributed by atoms with E-state index in [9.17, 15) is 14.7 Å². The van der Waals surface area contributed by atoms with Gasteiger partial charge in [0.05, 0.1) is 6.42 Å². The molecule has 0 spiro atoms. The molecule has 1 unspecified atom stereocenters. The standard InChI is InChI=1S/C22H29N5O3/c1-23-22-25-13-17(14-26-22)16(12-20(29)30)11-19(28)7-3-2-6-18-9-8-15-5-4-10-24-21(15)27-18/h8-9,13-14,16H,2-7,10-12H2,1H3,(H,24,27)(H,29,30)(H,23,25,26). The second kappa shape index (κ2) is 10.7. The lowest BCUT2D eigenvalue weighted by Gasteiger charge is -2.17. The van der Waals surface area contributed by atoms with Gasteiger partial charge >= 0.3 is 5.97 Å². The van der Waals surface area contributed by atoms with Gasteiger partial charge in [0.1, 0.15) is 11.6 Å². The Bertz CT molecular complexity index is 870. The van der Waals surface area contributed by atoms with Crippen molar-refractivity contribution in [1.82, 2.24) is 15.0 Å². The van der Waals surface area contributed by atoms with Crippen LogP contribution in [0.4, 0.5) is 11.8 Å². The van der Waals surface area contributed by atoms with Crippen molar-refractivity contribution in [2.45, 2.75) is 57.3 Å². The number of ketones is 1.